The molecular weight excluding hydrogens is 460 g/mol. The van der Waals surface area contributed by atoms with E-state index in [2.05, 4.69) is 0 Å². The van der Waals surface area contributed by atoms with E-state index in [4.69, 9.17) is 21.1 Å². The van der Waals surface area contributed by atoms with E-state index < -0.39 is 41.6 Å². The topological polar surface area (TPSA) is 96.4 Å². The lowest BCUT2D eigenvalue weighted by atomic mass is 9.77. The number of hydrogen-bond donors (Lipinski definition) is 1. The molecule has 9 heteroatoms. The Morgan fingerprint density at radius 1 is 1.21 bits per heavy atom. The van der Waals surface area contributed by atoms with Gasteiger partial charge in [0.05, 0.1) is 42.0 Å². The van der Waals surface area contributed by atoms with Gasteiger partial charge in [-0.1, -0.05) is 55.0 Å². The Morgan fingerprint density at radius 2 is 2.00 bits per heavy atom. The van der Waals surface area contributed by atoms with Crippen molar-refractivity contribution in [2.45, 2.75) is 43.6 Å². The summed E-state index contributed by atoms with van der Waals surface area (Å²) in [6.07, 6.45) is 7.51. The first-order chi connectivity index (χ1) is 16.4. The minimum atomic E-state index is -1.37. The molecule has 0 saturated carbocycles. The summed E-state index contributed by atoms with van der Waals surface area (Å²) in [7, 11) is 0. The molecule has 34 heavy (non-hydrogen) atoms. The number of ether oxygens (including phenoxy) is 2. The summed E-state index contributed by atoms with van der Waals surface area (Å²) in [5.74, 6) is -3.08. The van der Waals surface area contributed by atoms with Gasteiger partial charge in [-0.05, 0) is 25.0 Å². The number of amides is 2. The monoisotopic (exact) mass is 486 g/mol. The average molecular weight is 487 g/mol. The zero-order valence-electron chi connectivity index (χ0n) is 18.8. The number of carbonyl (C=O) groups excluding carboxylic acids is 3. The highest BCUT2D eigenvalue weighted by atomic mass is 35.5. The smallest absolute Gasteiger partial charge is 0.312 e. The largest absolute Gasteiger partial charge is 0.465 e. The molecule has 2 fully saturated rings. The van der Waals surface area contributed by atoms with Crippen LogP contribution >= 0.6 is 11.6 Å². The molecule has 2 amide bonds. The van der Waals surface area contributed by atoms with Crippen LogP contribution in [-0.4, -0.2) is 71.3 Å². The van der Waals surface area contributed by atoms with Crippen molar-refractivity contribution in [1.82, 2.24) is 4.90 Å². The van der Waals surface area contributed by atoms with Crippen molar-refractivity contribution in [3.63, 3.8) is 0 Å². The second-order valence-electron chi connectivity index (χ2n) is 9.02. The zero-order valence-corrected chi connectivity index (χ0v) is 19.6. The van der Waals surface area contributed by atoms with Gasteiger partial charge in [-0.2, -0.15) is 0 Å². The van der Waals surface area contributed by atoms with Crippen LogP contribution in [0.1, 0.15) is 19.8 Å². The molecule has 6 atom stereocenters. The molecule has 2 saturated heterocycles. The third-order valence-electron chi connectivity index (χ3n) is 7.28. The maximum atomic E-state index is 14.2. The van der Waals surface area contributed by atoms with Gasteiger partial charge in [0.1, 0.15) is 17.6 Å². The molecule has 4 aliphatic rings. The molecule has 180 valence electrons. The summed E-state index contributed by atoms with van der Waals surface area (Å²) >= 11 is 6.43. The first kappa shape index (κ1) is 23.1. The normalized spacial score (nSPS) is 33.6. The van der Waals surface area contributed by atoms with Crippen LogP contribution in [-0.2, 0) is 23.9 Å². The lowest BCUT2D eigenvalue weighted by molar-refractivity contribution is -0.155. The number of benzene rings is 1. The van der Waals surface area contributed by atoms with Gasteiger partial charge >= 0.3 is 5.97 Å². The summed E-state index contributed by atoms with van der Waals surface area (Å²) in [6, 6.07) is 5.35. The Morgan fingerprint density at radius 3 is 2.74 bits per heavy atom. The second kappa shape index (κ2) is 8.83. The van der Waals surface area contributed by atoms with Crippen LogP contribution in [0, 0.1) is 11.8 Å². The van der Waals surface area contributed by atoms with Gasteiger partial charge in [0.2, 0.25) is 5.91 Å². The quantitative estimate of drug-likeness (QED) is 0.517. The van der Waals surface area contributed by atoms with Crippen molar-refractivity contribution in [2.24, 2.45) is 11.8 Å². The first-order valence-corrected chi connectivity index (χ1v) is 12.0. The molecule has 8 nitrogen and oxygen atoms in total. The maximum absolute atomic E-state index is 14.2. The summed E-state index contributed by atoms with van der Waals surface area (Å²) < 4.78 is 11.9. The first-order valence-electron chi connectivity index (χ1n) is 11.6. The molecule has 0 aliphatic carbocycles. The number of aliphatic hydroxyl groups excluding tert-OH is 1. The molecule has 1 unspecified atom stereocenters. The average Bonchev–Trinajstić information content (AvgIpc) is 3.20. The number of cyclic esters (lactones) is 1. The molecule has 4 heterocycles. The predicted octanol–water partition coefficient (Wildman–Crippen LogP) is 2.10. The number of para-hydroxylation sites is 1. The van der Waals surface area contributed by atoms with Crippen LogP contribution < -0.4 is 4.90 Å². The summed E-state index contributed by atoms with van der Waals surface area (Å²) in [5, 5.41) is 10.5. The Balaban J connectivity index is 1.66. The molecular formula is C25H27ClN2O6. The fourth-order valence-corrected chi connectivity index (χ4v) is 5.98. The molecule has 1 aromatic carbocycles. The van der Waals surface area contributed by atoms with Crippen LogP contribution in [0.15, 0.2) is 48.6 Å². The highest BCUT2D eigenvalue weighted by Gasteiger charge is 2.72. The summed E-state index contributed by atoms with van der Waals surface area (Å²) in [4.78, 5) is 44.1. The molecule has 4 aliphatic heterocycles. The Hall–Kier alpha value is -2.68. The van der Waals surface area contributed by atoms with Gasteiger partial charge in [0.15, 0.2) is 0 Å². The van der Waals surface area contributed by atoms with Gasteiger partial charge in [0.25, 0.3) is 5.91 Å². The molecule has 0 radical (unpaired) electrons. The molecule has 1 aromatic rings. The standard InChI is InChI=1S/C25H27ClN2O6/c1-2-15(14-29)28-21-23(31)27(17-9-4-3-8-16(17)26)12-7-11-25(21)20(22(28)30)19-18(34-25)10-5-6-13-33-24(19)32/h3-5,7-11,15,18-21,29H,2,6,12-14H2,1H3/t15-,18+,19-,20-,21?,25-/m0/s1. The van der Waals surface area contributed by atoms with Gasteiger partial charge in [-0.15, -0.1) is 0 Å². The second-order valence-corrected chi connectivity index (χ2v) is 9.43. The Labute approximate surface area is 202 Å². The van der Waals surface area contributed by atoms with Crippen molar-refractivity contribution in [3.8, 4) is 0 Å². The van der Waals surface area contributed by atoms with Crippen molar-refractivity contribution >= 4 is 35.1 Å². The fourth-order valence-electron chi connectivity index (χ4n) is 5.74. The molecule has 1 spiro atoms. The van der Waals surface area contributed by atoms with Crippen LogP contribution in [0.2, 0.25) is 5.02 Å². The van der Waals surface area contributed by atoms with E-state index in [0.717, 1.165) is 0 Å². The SMILES string of the molecule is CC[C@@H](CO)N1C(=O)[C@@H]2[C@H]3C(=O)OCCC=C[C@H]3O[C@@]23C=CCN(c2ccccc2Cl)C(=O)C13. The maximum Gasteiger partial charge on any atom is 0.312 e. The number of aliphatic hydroxyl groups is 1. The van der Waals surface area contributed by atoms with Crippen LogP contribution in [0.3, 0.4) is 0 Å². The Bertz CT molecular complexity index is 1070. The predicted molar refractivity (Wildman–Crippen MR) is 124 cm³/mol. The number of fused-ring (bicyclic) bond motifs is 2. The van der Waals surface area contributed by atoms with Crippen LogP contribution in [0.4, 0.5) is 5.69 Å². The van der Waals surface area contributed by atoms with E-state index >= 15 is 0 Å². The van der Waals surface area contributed by atoms with Crippen LogP contribution in [0.25, 0.3) is 0 Å². The van der Waals surface area contributed by atoms with Gasteiger partial charge in [-0.3, -0.25) is 14.4 Å². The van der Waals surface area contributed by atoms with E-state index in [9.17, 15) is 19.5 Å². The van der Waals surface area contributed by atoms with E-state index in [1.165, 1.54) is 9.80 Å². The van der Waals surface area contributed by atoms with Gasteiger partial charge < -0.3 is 24.4 Å². The van der Waals surface area contributed by atoms with E-state index in [1.807, 2.05) is 13.0 Å². The van der Waals surface area contributed by atoms with Crippen molar-refractivity contribution in [3.05, 3.63) is 53.6 Å². The minimum Gasteiger partial charge on any atom is -0.465 e. The summed E-state index contributed by atoms with van der Waals surface area (Å²) in [5.41, 5.74) is -0.845. The number of carbonyl (C=O) groups is 3. The lowest BCUT2D eigenvalue weighted by Gasteiger charge is -2.38. The fraction of sp³-hybridized carbons (Fsp3) is 0.480. The van der Waals surface area contributed by atoms with E-state index in [1.54, 1.807) is 42.5 Å². The highest BCUT2D eigenvalue weighted by molar-refractivity contribution is 6.34. The molecule has 0 bridgehead atoms. The highest BCUT2D eigenvalue weighted by Crippen LogP contribution is 2.54. The number of hydrogen-bond acceptors (Lipinski definition) is 6. The number of esters is 1. The van der Waals surface area contributed by atoms with Gasteiger partial charge in [0, 0.05) is 6.54 Å². The third-order valence-corrected chi connectivity index (χ3v) is 7.60. The van der Waals surface area contributed by atoms with Crippen LogP contribution in [0.5, 0.6) is 0 Å². The van der Waals surface area contributed by atoms with Gasteiger partial charge in [-0.25, -0.2) is 0 Å². The summed E-state index contributed by atoms with van der Waals surface area (Å²) in [6.45, 7) is 1.98. The lowest BCUT2D eigenvalue weighted by Crippen LogP contribution is -2.58. The number of nitrogens with zero attached hydrogens (tertiary/aromatic N) is 2. The van der Waals surface area contributed by atoms with E-state index in [0.29, 0.717) is 23.6 Å². The number of halogens is 1. The van der Waals surface area contributed by atoms with Crippen molar-refractivity contribution in [2.75, 3.05) is 24.7 Å². The number of rotatable bonds is 4. The number of likely N-dealkylation sites (tertiary alicyclic amines) is 1. The van der Waals surface area contributed by atoms with Crippen molar-refractivity contribution in [1.29, 1.82) is 0 Å². The number of anilines is 1. The van der Waals surface area contributed by atoms with E-state index in [-0.39, 0.29) is 31.6 Å². The zero-order chi connectivity index (χ0) is 24.0. The molecule has 1 N–H and O–H groups in total. The molecule has 5 rings (SSSR count). The molecule has 0 aromatic heterocycles. The minimum absolute atomic E-state index is 0.225. The Kier molecular flexibility index (Phi) is 6.00. The third kappa shape index (κ3) is 3.31. The van der Waals surface area contributed by atoms with Crippen molar-refractivity contribution < 1.29 is 29.0 Å².